The van der Waals surface area contributed by atoms with Crippen molar-refractivity contribution < 1.29 is 9.53 Å². The molecule has 1 aromatic rings. The van der Waals surface area contributed by atoms with Crippen LogP contribution in [0.3, 0.4) is 0 Å². The van der Waals surface area contributed by atoms with Gasteiger partial charge in [0.25, 0.3) is 0 Å². The number of benzene rings is 1. The molecule has 2 rings (SSSR count). The lowest BCUT2D eigenvalue weighted by atomic mass is 10.1. The van der Waals surface area contributed by atoms with E-state index in [0.29, 0.717) is 12.5 Å². The van der Waals surface area contributed by atoms with Crippen LogP contribution >= 0.6 is 0 Å². The summed E-state index contributed by atoms with van der Waals surface area (Å²) in [5.41, 5.74) is 1.04. The first-order valence-electron chi connectivity index (χ1n) is 7.12. The van der Waals surface area contributed by atoms with Crippen LogP contribution in [-0.4, -0.2) is 13.1 Å². The number of amides is 2. The van der Waals surface area contributed by atoms with Crippen LogP contribution < -0.4 is 15.4 Å². The molecule has 0 heterocycles. The maximum atomic E-state index is 11.6. The van der Waals surface area contributed by atoms with Gasteiger partial charge in [-0.3, -0.25) is 0 Å². The molecule has 20 heavy (non-hydrogen) atoms. The molecule has 1 saturated carbocycles. The second-order valence-corrected chi connectivity index (χ2v) is 5.08. The second-order valence-electron chi connectivity index (χ2n) is 5.08. The molecular weight excluding hydrogens is 252 g/mol. The zero-order chi connectivity index (χ0) is 14.2. The fraction of sp³-hybridized carbons (Fsp3) is 0.438. The van der Waals surface area contributed by atoms with Crippen LogP contribution in [0.1, 0.15) is 31.2 Å². The zero-order valence-corrected chi connectivity index (χ0v) is 11.9. The summed E-state index contributed by atoms with van der Waals surface area (Å²) in [6.07, 6.45) is 8.95. The van der Waals surface area contributed by atoms with Gasteiger partial charge in [0.1, 0.15) is 5.75 Å². The Hall–Kier alpha value is -1.97. The number of rotatable bonds is 5. The molecule has 1 aliphatic carbocycles. The molecule has 1 aromatic carbocycles. The van der Waals surface area contributed by atoms with Crippen LogP contribution in [0.5, 0.6) is 5.75 Å². The molecule has 108 valence electrons. The van der Waals surface area contributed by atoms with E-state index in [0.717, 1.165) is 11.3 Å². The maximum absolute atomic E-state index is 11.6. The summed E-state index contributed by atoms with van der Waals surface area (Å²) in [6.45, 7) is 0.507. The van der Waals surface area contributed by atoms with Crippen LogP contribution in [0.15, 0.2) is 36.5 Å². The lowest BCUT2D eigenvalue weighted by molar-refractivity contribution is 0.243. The first-order valence-corrected chi connectivity index (χ1v) is 7.12. The smallest absolute Gasteiger partial charge is 0.319 e. The van der Waals surface area contributed by atoms with E-state index in [1.54, 1.807) is 13.3 Å². The van der Waals surface area contributed by atoms with Gasteiger partial charge < -0.3 is 15.4 Å². The third-order valence-corrected chi connectivity index (χ3v) is 3.59. The fourth-order valence-electron chi connectivity index (χ4n) is 2.39. The maximum Gasteiger partial charge on any atom is 0.319 e. The molecule has 0 unspecified atom stereocenters. The number of hydrogen-bond acceptors (Lipinski definition) is 2. The van der Waals surface area contributed by atoms with Gasteiger partial charge >= 0.3 is 6.03 Å². The molecular formula is C16H22N2O2. The predicted octanol–water partition coefficient (Wildman–Crippen LogP) is 3.20. The highest BCUT2D eigenvalue weighted by Crippen LogP contribution is 2.25. The number of allylic oxidation sites excluding steroid dienone is 1. The Morgan fingerprint density at radius 1 is 1.30 bits per heavy atom. The van der Waals surface area contributed by atoms with Gasteiger partial charge in [0, 0.05) is 12.7 Å². The number of nitrogens with one attached hydrogen (secondary N) is 2. The number of ether oxygens (including phenoxy) is 1. The van der Waals surface area contributed by atoms with Crippen molar-refractivity contribution in [2.24, 2.45) is 5.92 Å². The summed E-state index contributed by atoms with van der Waals surface area (Å²) in [6, 6.07) is 7.47. The topological polar surface area (TPSA) is 50.4 Å². The van der Waals surface area contributed by atoms with Gasteiger partial charge in [0.15, 0.2) is 0 Å². The van der Waals surface area contributed by atoms with Crippen LogP contribution in [0.25, 0.3) is 0 Å². The second kappa shape index (κ2) is 7.58. The van der Waals surface area contributed by atoms with Crippen LogP contribution in [0.4, 0.5) is 4.79 Å². The summed E-state index contributed by atoms with van der Waals surface area (Å²) in [5.74, 6) is 1.45. The Balaban J connectivity index is 1.68. The fourth-order valence-corrected chi connectivity index (χ4v) is 2.39. The molecule has 4 nitrogen and oxygen atoms in total. The van der Waals surface area contributed by atoms with E-state index in [1.165, 1.54) is 25.7 Å². The Morgan fingerprint density at radius 3 is 2.65 bits per heavy atom. The van der Waals surface area contributed by atoms with Gasteiger partial charge in [-0.2, -0.15) is 0 Å². The van der Waals surface area contributed by atoms with Gasteiger partial charge in [-0.25, -0.2) is 4.79 Å². The van der Waals surface area contributed by atoms with Gasteiger partial charge in [-0.1, -0.05) is 31.1 Å². The molecule has 0 saturated heterocycles. The minimum Gasteiger partial charge on any atom is -0.497 e. The highest BCUT2D eigenvalue weighted by Gasteiger charge is 2.11. The van der Waals surface area contributed by atoms with E-state index in [4.69, 9.17) is 4.74 Å². The molecule has 0 aliphatic heterocycles. The van der Waals surface area contributed by atoms with Crippen LogP contribution in [-0.2, 0) is 6.54 Å². The first-order chi connectivity index (χ1) is 9.78. The third-order valence-electron chi connectivity index (χ3n) is 3.59. The first kappa shape index (κ1) is 14.4. The number of hydrogen-bond donors (Lipinski definition) is 2. The summed E-state index contributed by atoms with van der Waals surface area (Å²) in [4.78, 5) is 11.6. The Morgan fingerprint density at radius 2 is 2.00 bits per heavy atom. The van der Waals surface area contributed by atoms with Crippen LogP contribution in [0.2, 0.25) is 0 Å². The average molecular weight is 274 g/mol. The molecule has 1 aliphatic rings. The van der Waals surface area contributed by atoms with Crippen molar-refractivity contribution >= 4 is 6.03 Å². The van der Waals surface area contributed by atoms with Crippen molar-refractivity contribution in [3.8, 4) is 5.75 Å². The SMILES string of the molecule is COc1ccc(CNC(=O)N/C=C/C2CCCC2)cc1. The predicted molar refractivity (Wildman–Crippen MR) is 79.5 cm³/mol. The average Bonchev–Trinajstić information content (AvgIpc) is 2.99. The van der Waals surface area contributed by atoms with E-state index in [-0.39, 0.29) is 6.03 Å². The lowest BCUT2D eigenvalue weighted by Gasteiger charge is -2.06. The van der Waals surface area contributed by atoms with Crippen LogP contribution in [0, 0.1) is 5.92 Å². The summed E-state index contributed by atoms with van der Waals surface area (Å²) in [5, 5.41) is 5.57. The molecule has 4 heteroatoms. The molecule has 1 fully saturated rings. The molecule has 2 amide bonds. The Kier molecular flexibility index (Phi) is 5.47. The van der Waals surface area contributed by atoms with Crippen molar-refractivity contribution in [3.63, 3.8) is 0 Å². The lowest BCUT2D eigenvalue weighted by Crippen LogP contribution is -2.31. The van der Waals surface area contributed by atoms with Crippen molar-refractivity contribution in [2.75, 3.05) is 7.11 Å². The normalized spacial score (nSPS) is 15.4. The minimum absolute atomic E-state index is 0.171. The monoisotopic (exact) mass is 274 g/mol. The van der Waals surface area contributed by atoms with Gasteiger partial charge in [-0.05, 0) is 36.5 Å². The highest BCUT2D eigenvalue weighted by molar-refractivity contribution is 5.74. The minimum atomic E-state index is -0.171. The Bertz CT molecular complexity index is 448. The molecule has 0 aromatic heterocycles. The molecule has 0 spiro atoms. The number of carbonyl (C=O) groups excluding carboxylic acids is 1. The van der Waals surface area contributed by atoms with Gasteiger partial charge in [-0.15, -0.1) is 0 Å². The zero-order valence-electron chi connectivity index (χ0n) is 11.9. The van der Waals surface area contributed by atoms with Crippen molar-refractivity contribution in [1.82, 2.24) is 10.6 Å². The quantitative estimate of drug-likeness (QED) is 0.866. The highest BCUT2D eigenvalue weighted by atomic mass is 16.5. The summed E-state index contributed by atoms with van der Waals surface area (Å²) >= 11 is 0. The molecule has 0 atom stereocenters. The standard InChI is InChI=1S/C16H22N2O2/c1-20-15-8-6-14(7-9-15)12-18-16(19)17-11-10-13-4-2-3-5-13/h6-11,13H,2-5,12H2,1H3,(H2,17,18,19)/b11-10+. The Labute approximate surface area is 120 Å². The van der Waals surface area contributed by atoms with E-state index in [2.05, 4.69) is 16.7 Å². The molecule has 0 radical (unpaired) electrons. The van der Waals surface area contributed by atoms with Crippen molar-refractivity contribution in [1.29, 1.82) is 0 Å². The van der Waals surface area contributed by atoms with Gasteiger partial charge in [0.2, 0.25) is 0 Å². The summed E-state index contributed by atoms with van der Waals surface area (Å²) in [7, 11) is 1.64. The third kappa shape index (κ3) is 4.61. The van der Waals surface area contributed by atoms with E-state index in [1.807, 2.05) is 24.3 Å². The number of urea groups is 1. The number of methoxy groups -OCH3 is 1. The molecule has 2 N–H and O–H groups in total. The molecule has 0 bridgehead atoms. The van der Waals surface area contributed by atoms with Crippen molar-refractivity contribution in [2.45, 2.75) is 32.2 Å². The van der Waals surface area contributed by atoms with Gasteiger partial charge in [0.05, 0.1) is 7.11 Å². The van der Waals surface area contributed by atoms with E-state index >= 15 is 0 Å². The summed E-state index contributed by atoms with van der Waals surface area (Å²) < 4.78 is 5.09. The van der Waals surface area contributed by atoms with Crippen molar-refractivity contribution in [3.05, 3.63) is 42.1 Å². The largest absolute Gasteiger partial charge is 0.497 e. The number of carbonyl (C=O) groups is 1. The van der Waals surface area contributed by atoms with E-state index in [9.17, 15) is 4.79 Å². The van der Waals surface area contributed by atoms with E-state index < -0.39 is 0 Å².